The Kier molecular flexibility index (Phi) is 3.32. The van der Waals surface area contributed by atoms with Crippen molar-refractivity contribution in [1.82, 2.24) is 0 Å². The minimum absolute atomic E-state index is 0.874. The van der Waals surface area contributed by atoms with Crippen LogP contribution < -0.4 is 4.74 Å². The van der Waals surface area contributed by atoms with Gasteiger partial charge in [-0.15, -0.1) is 0 Å². The lowest BCUT2D eigenvalue weighted by Crippen LogP contribution is -1.83. The molecule has 0 spiro atoms. The Hall–Kier alpha value is -1.67. The minimum atomic E-state index is 0.874. The van der Waals surface area contributed by atoms with Crippen molar-refractivity contribution in [3.63, 3.8) is 0 Å². The smallest absolute Gasteiger partial charge is 0.118 e. The van der Waals surface area contributed by atoms with Crippen molar-refractivity contribution in [2.24, 2.45) is 0 Å². The highest BCUT2D eigenvalue weighted by molar-refractivity contribution is 7.79. The second-order valence-corrected chi connectivity index (χ2v) is 3.70. The Labute approximate surface area is 101 Å². The zero-order chi connectivity index (χ0) is 11.4. The molecule has 0 aliphatic heterocycles. The molecule has 0 N–H and O–H groups in total. The fourth-order valence-electron chi connectivity index (χ4n) is 1.54. The van der Waals surface area contributed by atoms with Gasteiger partial charge >= 0.3 is 0 Å². The first-order valence-corrected chi connectivity index (χ1v) is 5.50. The molecule has 0 saturated carbocycles. The Bertz CT molecular complexity index is 471. The van der Waals surface area contributed by atoms with Gasteiger partial charge in [0, 0.05) is 5.37 Å². The van der Waals surface area contributed by atoms with Crippen LogP contribution in [0.5, 0.6) is 5.75 Å². The molecule has 0 aromatic heterocycles. The van der Waals surface area contributed by atoms with E-state index in [4.69, 9.17) is 17.0 Å². The van der Waals surface area contributed by atoms with Gasteiger partial charge in [0.25, 0.3) is 0 Å². The average Bonchev–Trinajstić information content (AvgIpc) is 2.39. The van der Waals surface area contributed by atoms with Crippen molar-refractivity contribution < 1.29 is 4.74 Å². The highest BCUT2D eigenvalue weighted by Gasteiger charge is 1.97. The summed E-state index contributed by atoms with van der Waals surface area (Å²) in [7, 11) is 1.67. The van der Waals surface area contributed by atoms with Crippen LogP contribution in [-0.4, -0.2) is 12.5 Å². The molecule has 0 aliphatic carbocycles. The van der Waals surface area contributed by atoms with E-state index in [0.717, 1.165) is 11.3 Å². The van der Waals surface area contributed by atoms with E-state index < -0.39 is 0 Å². The second-order valence-electron chi connectivity index (χ2n) is 3.47. The van der Waals surface area contributed by atoms with E-state index in [-0.39, 0.29) is 0 Å². The topological polar surface area (TPSA) is 9.23 Å². The van der Waals surface area contributed by atoms with Crippen LogP contribution in [0.15, 0.2) is 48.5 Å². The molecule has 2 heteroatoms. The maximum Gasteiger partial charge on any atom is 0.118 e. The van der Waals surface area contributed by atoms with Crippen molar-refractivity contribution in [3.8, 4) is 16.9 Å². The molecule has 0 bridgehead atoms. The minimum Gasteiger partial charge on any atom is -0.497 e. The molecule has 0 heterocycles. The largest absolute Gasteiger partial charge is 0.497 e. The molecular formula is C14H12OS. The number of ether oxygens (including phenoxy) is 1. The molecule has 2 aromatic rings. The zero-order valence-electron chi connectivity index (χ0n) is 9.01. The molecule has 1 nitrogen and oxygen atoms in total. The van der Waals surface area contributed by atoms with E-state index in [0.29, 0.717) is 0 Å². The van der Waals surface area contributed by atoms with E-state index in [1.165, 1.54) is 11.1 Å². The summed E-state index contributed by atoms with van der Waals surface area (Å²) in [6.45, 7) is 0. The highest BCUT2D eigenvalue weighted by Crippen LogP contribution is 2.22. The molecule has 2 aromatic carbocycles. The number of benzene rings is 2. The van der Waals surface area contributed by atoms with E-state index in [1.54, 1.807) is 12.5 Å². The first kappa shape index (κ1) is 10.8. The van der Waals surface area contributed by atoms with Crippen LogP contribution in [0.2, 0.25) is 0 Å². The number of methoxy groups -OCH3 is 1. The molecule has 80 valence electrons. The number of rotatable bonds is 3. The number of hydrogen-bond acceptors (Lipinski definition) is 2. The molecule has 0 amide bonds. The number of hydrogen-bond donors (Lipinski definition) is 0. The van der Waals surface area contributed by atoms with Crippen molar-refractivity contribution in [2.45, 2.75) is 0 Å². The molecule has 0 unspecified atom stereocenters. The summed E-state index contributed by atoms with van der Waals surface area (Å²) in [4.78, 5) is 0. The summed E-state index contributed by atoms with van der Waals surface area (Å²) in [5.74, 6) is 0.874. The summed E-state index contributed by atoms with van der Waals surface area (Å²) in [5, 5.41) is 1.68. The fourth-order valence-corrected chi connectivity index (χ4v) is 1.69. The van der Waals surface area contributed by atoms with Gasteiger partial charge in [-0.2, -0.15) is 0 Å². The summed E-state index contributed by atoms with van der Waals surface area (Å²) >= 11 is 4.87. The zero-order valence-corrected chi connectivity index (χ0v) is 9.83. The summed E-state index contributed by atoms with van der Waals surface area (Å²) < 4.78 is 5.12. The first-order chi connectivity index (χ1) is 7.83. The van der Waals surface area contributed by atoms with Crippen LogP contribution in [0.1, 0.15) is 5.56 Å². The van der Waals surface area contributed by atoms with Gasteiger partial charge in [0.2, 0.25) is 0 Å². The molecular weight excluding hydrogens is 216 g/mol. The third-order valence-electron chi connectivity index (χ3n) is 2.47. The molecule has 0 atom stereocenters. The van der Waals surface area contributed by atoms with E-state index >= 15 is 0 Å². The standard InChI is InChI=1S/C14H12OS/c1-15-14-8-6-13(7-9-14)12-4-2-11(10-16)3-5-12/h2-10H,1H3. The molecule has 16 heavy (non-hydrogen) atoms. The molecule has 0 fully saturated rings. The van der Waals surface area contributed by atoms with Gasteiger partial charge in [-0.3, -0.25) is 0 Å². The van der Waals surface area contributed by atoms with Crippen molar-refractivity contribution in [2.75, 3.05) is 7.11 Å². The Morgan fingerprint density at radius 3 is 1.81 bits per heavy atom. The summed E-state index contributed by atoms with van der Waals surface area (Å²) in [5.41, 5.74) is 3.42. The van der Waals surface area contributed by atoms with Crippen LogP contribution in [0.25, 0.3) is 11.1 Å². The predicted molar refractivity (Wildman–Crippen MR) is 71.2 cm³/mol. The molecule has 0 saturated heterocycles. The SMILES string of the molecule is COc1ccc(-c2ccc(C=S)cc2)cc1. The van der Waals surface area contributed by atoms with Crippen molar-refractivity contribution >= 4 is 17.6 Å². The maximum absolute atomic E-state index is 5.12. The molecule has 0 radical (unpaired) electrons. The Balaban J connectivity index is 2.31. The van der Waals surface area contributed by atoms with Crippen LogP contribution >= 0.6 is 12.2 Å². The lowest BCUT2D eigenvalue weighted by Gasteiger charge is -2.04. The van der Waals surface area contributed by atoms with Crippen LogP contribution in [-0.2, 0) is 0 Å². The normalized spacial score (nSPS) is 9.81. The van der Waals surface area contributed by atoms with Crippen molar-refractivity contribution in [3.05, 3.63) is 54.1 Å². The highest BCUT2D eigenvalue weighted by atomic mass is 32.1. The molecule has 2 rings (SSSR count). The van der Waals surface area contributed by atoms with Gasteiger partial charge < -0.3 is 4.74 Å². The second kappa shape index (κ2) is 4.90. The number of thiocarbonyl (C=S) groups is 1. The average molecular weight is 228 g/mol. The third kappa shape index (κ3) is 2.28. The third-order valence-corrected chi connectivity index (χ3v) is 2.74. The maximum atomic E-state index is 5.12. The first-order valence-electron chi connectivity index (χ1n) is 5.03. The van der Waals surface area contributed by atoms with Gasteiger partial charge in [-0.25, -0.2) is 0 Å². The van der Waals surface area contributed by atoms with Crippen LogP contribution in [0.4, 0.5) is 0 Å². The quantitative estimate of drug-likeness (QED) is 0.741. The monoisotopic (exact) mass is 228 g/mol. The predicted octanol–water partition coefficient (Wildman–Crippen LogP) is 3.71. The van der Waals surface area contributed by atoms with E-state index in [9.17, 15) is 0 Å². The molecule has 0 aliphatic rings. The van der Waals surface area contributed by atoms with Crippen LogP contribution in [0.3, 0.4) is 0 Å². The van der Waals surface area contributed by atoms with Gasteiger partial charge in [0.1, 0.15) is 5.75 Å². The van der Waals surface area contributed by atoms with Crippen molar-refractivity contribution in [1.29, 1.82) is 0 Å². The van der Waals surface area contributed by atoms with Gasteiger partial charge in [0.05, 0.1) is 7.11 Å². The summed E-state index contributed by atoms with van der Waals surface area (Å²) in [6.07, 6.45) is 0. The van der Waals surface area contributed by atoms with Gasteiger partial charge in [-0.05, 0) is 28.8 Å². The van der Waals surface area contributed by atoms with Crippen LogP contribution in [0, 0.1) is 0 Å². The Morgan fingerprint density at radius 2 is 1.38 bits per heavy atom. The summed E-state index contributed by atoms with van der Waals surface area (Å²) in [6, 6.07) is 16.2. The van der Waals surface area contributed by atoms with E-state index in [1.807, 2.05) is 36.4 Å². The lowest BCUT2D eigenvalue weighted by molar-refractivity contribution is 0.415. The Morgan fingerprint density at radius 1 is 0.875 bits per heavy atom. The lowest BCUT2D eigenvalue weighted by atomic mass is 10.0. The van der Waals surface area contributed by atoms with Gasteiger partial charge in [-0.1, -0.05) is 48.6 Å². The fraction of sp³-hybridized carbons (Fsp3) is 0.0714. The van der Waals surface area contributed by atoms with Gasteiger partial charge in [0.15, 0.2) is 0 Å². The van der Waals surface area contributed by atoms with E-state index in [2.05, 4.69) is 12.1 Å².